The van der Waals surface area contributed by atoms with Crippen molar-refractivity contribution < 1.29 is 129 Å². The van der Waals surface area contributed by atoms with Crippen molar-refractivity contribution in [3.63, 3.8) is 0 Å². The summed E-state index contributed by atoms with van der Waals surface area (Å²) in [6.45, 7) is -2.48. The molecule has 360 valence electrons. The van der Waals surface area contributed by atoms with E-state index in [9.17, 15) is 86.2 Å². The van der Waals surface area contributed by atoms with Crippen molar-refractivity contribution in [2.75, 3.05) is 33.0 Å². The summed E-state index contributed by atoms with van der Waals surface area (Å²) < 4.78 is 51.0. The number of ether oxygens (including phenoxy) is 9. The second kappa shape index (κ2) is 22.0. The Morgan fingerprint density at radius 1 is 0.387 bits per heavy atom. The highest BCUT2D eigenvalue weighted by molar-refractivity contribution is 5.73. The third kappa shape index (κ3) is 10.8. The van der Waals surface area contributed by atoms with E-state index in [4.69, 9.17) is 42.6 Å². The maximum absolute atomic E-state index is 12.4. The number of aliphatic hydroxyl groups is 15. The van der Waals surface area contributed by atoms with Crippen LogP contribution in [0.1, 0.15) is 13.8 Å². The molecule has 0 saturated carbocycles. The molecule has 5 aliphatic heterocycles. The maximum Gasteiger partial charge on any atom is 0.217 e. The highest BCUT2D eigenvalue weighted by atomic mass is 16.8. The molecule has 0 aromatic heterocycles. The molecule has 0 aromatic carbocycles. The van der Waals surface area contributed by atoms with E-state index in [1.165, 1.54) is 0 Å². The Labute approximate surface area is 351 Å². The van der Waals surface area contributed by atoms with Crippen LogP contribution in [0.15, 0.2) is 0 Å². The lowest BCUT2D eigenvalue weighted by Crippen LogP contribution is -2.70. The van der Waals surface area contributed by atoms with Crippen molar-refractivity contribution in [2.24, 2.45) is 0 Å². The molecule has 25 atom stereocenters. The van der Waals surface area contributed by atoms with Crippen LogP contribution in [0.4, 0.5) is 0 Å². The number of hydrogen-bond acceptors (Lipinski definition) is 26. The maximum atomic E-state index is 12.4. The Balaban J connectivity index is 1.36. The monoisotopic (exact) mass is 910 g/mol. The Morgan fingerprint density at radius 3 is 1.05 bits per heavy atom. The molecule has 28 nitrogen and oxygen atoms in total. The number of hydrogen-bond donors (Lipinski definition) is 17. The minimum atomic E-state index is -2.14. The second-order valence-corrected chi connectivity index (χ2v) is 15.4. The molecule has 5 heterocycles. The van der Waals surface area contributed by atoms with E-state index in [0.29, 0.717) is 0 Å². The fourth-order valence-corrected chi connectivity index (χ4v) is 7.83. The lowest BCUT2D eigenvalue weighted by atomic mass is 9.94. The summed E-state index contributed by atoms with van der Waals surface area (Å²) in [6.07, 6.45) is -41.7. The number of carbonyl (C=O) groups is 2. The highest BCUT2D eigenvalue weighted by Gasteiger charge is 2.57. The summed E-state index contributed by atoms with van der Waals surface area (Å²) >= 11 is 0. The first kappa shape index (κ1) is 51.0. The Morgan fingerprint density at radius 2 is 0.694 bits per heavy atom. The van der Waals surface area contributed by atoms with E-state index in [0.717, 1.165) is 13.8 Å². The number of amides is 2. The van der Waals surface area contributed by atoms with Crippen molar-refractivity contribution >= 4 is 11.8 Å². The van der Waals surface area contributed by atoms with Crippen LogP contribution in [0.3, 0.4) is 0 Å². The normalized spacial score (nSPS) is 49.0. The van der Waals surface area contributed by atoms with Gasteiger partial charge in [0.25, 0.3) is 0 Å². The Hall–Kier alpha value is -2.02. The largest absolute Gasteiger partial charge is 0.394 e. The topological polar surface area (TPSA) is 445 Å². The smallest absolute Gasteiger partial charge is 0.217 e. The van der Waals surface area contributed by atoms with Gasteiger partial charge in [0, 0.05) is 13.8 Å². The summed E-state index contributed by atoms with van der Waals surface area (Å²) in [4.78, 5) is 24.7. The number of nitrogens with one attached hydrogen (secondary N) is 2. The second-order valence-electron chi connectivity index (χ2n) is 15.4. The molecule has 28 heteroatoms. The zero-order valence-corrected chi connectivity index (χ0v) is 33.2. The van der Waals surface area contributed by atoms with E-state index in [1.807, 2.05) is 0 Å². The van der Waals surface area contributed by atoms with Crippen molar-refractivity contribution in [2.45, 2.75) is 167 Å². The van der Waals surface area contributed by atoms with Gasteiger partial charge in [-0.1, -0.05) is 0 Å². The first-order chi connectivity index (χ1) is 29.3. The van der Waals surface area contributed by atoms with Crippen LogP contribution in [0.25, 0.3) is 0 Å². The molecule has 0 unspecified atom stereocenters. The Kier molecular flexibility index (Phi) is 18.1. The molecule has 62 heavy (non-hydrogen) atoms. The molecule has 0 aliphatic carbocycles. The van der Waals surface area contributed by atoms with Crippen molar-refractivity contribution in [3.8, 4) is 0 Å². The van der Waals surface area contributed by atoms with Crippen LogP contribution in [-0.2, 0) is 52.2 Å². The molecule has 0 radical (unpaired) electrons. The van der Waals surface area contributed by atoms with E-state index >= 15 is 0 Å². The lowest BCUT2D eigenvalue weighted by Gasteiger charge is -2.50. The molecule has 2 amide bonds. The van der Waals surface area contributed by atoms with Gasteiger partial charge in [0.1, 0.15) is 122 Å². The quantitative estimate of drug-likeness (QED) is 0.0725. The predicted octanol–water partition coefficient (Wildman–Crippen LogP) is -11.6. The molecule has 0 aromatic rings. The molecular weight excluding hydrogens is 852 g/mol. The zero-order chi connectivity index (χ0) is 45.9. The van der Waals surface area contributed by atoms with Crippen LogP contribution in [0.2, 0.25) is 0 Å². The first-order valence-corrected chi connectivity index (χ1v) is 19.6. The van der Waals surface area contributed by atoms with Gasteiger partial charge < -0.3 is 130 Å². The van der Waals surface area contributed by atoms with Crippen molar-refractivity contribution in [1.29, 1.82) is 0 Å². The van der Waals surface area contributed by atoms with Crippen LogP contribution in [0.5, 0.6) is 0 Å². The fraction of sp³-hybridized carbons (Fsp3) is 0.941. The standard InChI is InChI=1S/C34H58N2O26/c1-8(42)35-15-19(46)26(60-33-23(50)21(48)17(44)10(3-37)55-33)13(6-40)57-31(15)59-28-12(5-39)54-30(53)29(25(28)52)62-32-16(36-9(2)43)20(47)27(14(7-41)58-32)61-34-24(51)22(49)18(45)11(4-38)56-34/h10-34,37-41,44-53H,3-7H2,1-2H3,(H,35,42)(H,36,43)/t10-,11-,12-,13-,14-,15-,16-,17+,18+,19-,20-,21+,22+,23-,24-,25+,26-,27-,28+,29-,30-,31+,32+,33+,34+/m1/s1. The molecule has 0 spiro atoms. The van der Waals surface area contributed by atoms with Gasteiger partial charge in [-0.2, -0.15) is 0 Å². The van der Waals surface area contributed by atoms with Gasteiger partial charge in [0.05, 0.1) is 33.0 Å². The first-order valence-electron chi connectivity index (χ1n) is 19.6. The van der Waals surface area contributed by atoms with Gasteiger partial charge in [-0.05, 0) is 0 Å². The third-order valence-corrected chi connectivity index (χ3v) is 11.1. The van der Waals surface area contributed by atoms with Gasteiger partial charge in [-0.15, -0.1) is 0 Å². The number of aliphatic hydroxyl groups excluding tert-OH is 15. The molecule has 5 fully saturated rings. The van der Waals surface area contributed by atoms with E-state index in [2.05, 4.69) is 10.6 Å². The lowest BCUT2D eigenvalue weighted by molar-refractivity contribution is -0.383. The average molecular weight is 911 g/mol. The molecule has 0 bridgehead atoms. The Bertz CT molecular complexity index is 1440. The molecular formula is C34H58N2O26. The highest BCUT2D eigenvalue weighted by Crippen LogP contribution is 2.35. The van der Waals surface area contributed by atoms with Crippen molar-refractivity contribution in [1.82, 2.24) is 10.6 Å². The van der Waals surface area contributed by atoms with Crippen molar-refractivity contribution in [3.05, 3.63) is 0 Å². The van der Waals surface area contributed by atoms with Crippen LogP contribution in [-0.4, -0.2) is 275 Å². The third-order valence-electron chi connectivity index (χ3n) is 11.1. The summed E-state index contributed by atoms with van der Waals surface area (Å²) in [5.41, 5.74) is 0. The fourth-order valence-electron chi connectivity index (χ4n) is 7.83. The molecule has 5 saturated heterocycles. The predicted molar refractivity (Wildman–Crippen MR) is 190 cm³/mol. The summed E-state index contributed by atoms with van der Waals surface area (Å²) in [6, 6.07) is -3.36. The van der Waals surface area contributed by atoms with Crippen LogP contribution in [0, 0.1) is 0 Å². The van der Waals surface area contributed by atoms with Gasteiger partial charge >= 0.3 is 0 Å². The molecule has 5 aliphatic rings. The zero-order valence-electron chi connectivity index (χ0n) is 33.2. The SMILES string of the molecule is CC(=O)N[C@H]1[C@H](O[C@@H]2[C@@H](O)[C@@H](O[C@@H]3O[C@H](CO)[C@@H](O[C@@H]4O[C@H](CO)[C@H](O)[C@H](O)[C@H]4O)[C@H](O)[C@H]3NC(C)=O)[C@@H](CO)O[C@H]2O)O[C@H](CO)[C@@H](O[C@@H]2O[C@H](CO)[C@H](O)[C@H](O)[C@H]2O)[C@@H]1O. The van der Waals surface area contributed by atoms with Gasteiger partial charge in [0.2, 0.25) is 11.8 Å². The number of rotatable bonds is 15. The average Bonchev–Trinajstić information content (AvgIpc) is 3.23. The van der Waals surface area contributed by atoms with E-state index in [1.54, 1.807) is 0 Å². The summed E-state index contributed by atoms with van der Waals surface area (Å²) in [5.74, 6) is -1.59. The molecule has 17 N–H and O–H groups in total. The van der Waals surface area contributed by atoms with E-state index < -0.39 is 198 Å². The van der Waals surface area contributed by atoms with E-state index in [-0.39, 0.29) is 0 Å². The van der Waals surface area contributed by atoms with Crippen LogP contribution >= 0.6 is 0 Å². The minimum absolute atomic E-state index is 0.791. The van der Waals surface area contributed by atoms with Gasteiger partial charge in [-0.3, -0.25) is 9.59 Å². The summed E-state index contributed by atoms with van der Waals surface area (Å²) in [7, 11) is 0. The van der Waals surface area contributed by atoms with Gasteiger partial charge in [0.15, 0.2) is 31.5 Å². The minimum Gasteiger partial charge on any atom is -0.394 e. The van der Waals surface area contributed by atoms with Crippen LogP contribution < -0.4 is 10.6 Å². The summed E-state index contributed by atoms with van der Waals surface area (Å²) in [5, 5.41) is 162. The molecule has 5 rings (SSSR count). The van der Waals surface area contributed by atoms with Gasteiger partial charge in [-0.25, -0.2) is 0 Å². The number of carbonyl (C=O) groups excluding carboxylic acids is 2.